The van der Waals surface area contributed by atoms with E-state index in [9.17, 15) is 9.90 Å². The summed E-state index contributed by atoms with van der Waals surface area (Å²) in [6, 6.07) is 10.5. The maximum Gasteiger partial charge on any atom is 0.277 e. The third kappa shape index (κ3) is 5.13. The average molecular weight is 344 g/mol. The van der Waals surface area contributed by atoms with Crippen LogP contribution in [0.15, 0.2) is 41.5 Å². The molecule has 0 aliphatic rings. The van der Waals surface area contributed by atoms with E-state index in [1.807, 2.05) is 19.1 Å². The van der Waals surface area contributed by atoms with Crippen LogP contribution in [0.1, 0.15) is 11.1 Å². The Bertz CT molecular complexity index is 732. The molecule has 2 aromatic carbocycles. The first-order valence-corrected chi connectivity index (χ1v) is 7.50. The van der Waals surface area contributed by atoms with Crippen LogP contribution in [0.25, 0.3) is 0 Å². The van der Waals surface area contributed by atoms with Crippen LogP contribution >= 0.6 is 0 Å². The molecule has 0 atom stereocenters. The molecular formula is C18H20N2O5. The number of methoxy groups -OCH3 is 2. The van der Waals surface area contributed by atoms with Crippen LogP contribution in [0.3, 0.4) is 0 Å². The van der Waals surface area contributed by atoms with Crippen LogP contribution in [0.4, 0.5) is 0 Å². The monoisotopic (exact) mass is 344 g/mol. The molecule has 0 radical (unpaired) electrons. The lowest BCUT2D eigenvalue weighted by atomic mass is 10.2. The van der Waals surface area contributed by atoms with Gasteiger partial charge in [0.15, 0.2) is 18.1 Å². The summed E-state index contributed by atoms with van der Waals surface area (Å²) in [5.74, 6) is 0.606. The fraction of sp³-hybridized carbons (Fsp3) is 0.222. The normalized spacial score (nSPS) is 10.5. The molecule has 0 bridgehead atoms. The Balaban J connectivity index is 1.91. The van der Waals surface area contributed by atoms with Crippen molar-refractivity contribution in [2.75, 3.05) is 20.8 Å². The summed E-state index contributed by atoms with van der Waals surface area (Å²) in [6.45, 7) is 1.82. The number of amides is 1. The van der Waals surface area contributed by atoms with Crippen molar-refractivity contribution in [3.8, 4) is 23.0 Å². The lowest BCUT2D eigenvalue weighted by Gasteiger charge is -2.09. The number of hydrazone groups is 1. The highest BCUT2D eigenvalue weighted by molar-refractivity contribution is 5.84. The first-order valence-electron chi connectivity index (χ1n) is 7.50. The SMILES string of the molecule is COc1cc(/C=N/NC(=O)COc2ccc(C)cc2)cc(OC)c1O. The van der Waals surface area contributed by atoms with Crippen LogP contribution in [0, 0.1) is 6.92 Å². The first kappa shape index (κ1) is 18.1. The predicted molar refractivity (Wildman–Crippen MR) is 93.6 cm³/mol. The van der Waals surface area contributed by atoms with E-state index in [2.05, 4.69) is 10.5 Å². The number of benzene rings is 2. The number of rotatable bonds is 7. The highest BCUT2D eigenvalue weighted by atomic mass is 16.5. The van der Waals surface area contributed by atoms with Crippen LogP contribution in [0.2, 0.25) is 0 Å². The van der Waals surface area contributed by atoms with Crippen molar-refractivity contribution in [1.82, 2.24) is 5.43 Å². The number of phenols is 1. The van der Waals surface area contributed by atoms with Gasteiger partial charge in [-0.25, -0.2) is 5.43 Å². The van der Waals surface area contributed by atoms with Crippen LogP contribution in [-0.4, -0.2) is 38.1 Å². The van der Waals surface area contributed by atoms with E-state index in [0.717, 1.165) is 5.56 Å². The number of aryl methyl sites for hydroxylation is 1. The molecule has 2 rings (SSSR count). The number of carbonyl (C=O) groups excluding carboxylic acids is 1. The van der Waals surface area contributed by atoms with Crippen molar-refractivity contribution < 1.29 is 24.1 Å². The minimum absolute atomic E-state index is 0.0994. The number of nitrogens with one attached hydrogen (secondary N) is 1. The van der Waals surface area contributed by atoms with E-state index in [1.165, 1.54) is 20.4 Å². The lowest BCUT2D eigenvalue weighted by Crippen LogP contribution is -2.24. The van der Waals surface area contributed by atoms with E-state index in [4.69, 9.17) is 14.2 Å². The van der Waals surface area contributed by atoms with Crippen LogP contribution in [0.5, 0.6) is 23.0 Å². The Morgan fingerprint density at radius 2 is 1.76 bits per heavy atom. The molecule has 7 nitrogen and oxygen atoms in total. The maximum atomic E-state index is 11.7. The first-order chi connectivity index (χ1) is 12.0. The molecule has 0 saturated heterocycles. The zero-order valence-corrected chi connectivity index (χ0v) is 14.3. The number of carbonyl (C=O) groups is 1. The summed E-state index contributed by atoms with van der Waals surface area (Å²) < 4.78 is 15.5. The van der Waals surface area contributed by atoms with E-state index in [-0.39, 0.29) is 23.9 Å². The smallest absolute Gasteiger partial charge is 0.277 e. The Morgan fingerprint density at radius 1 is 1.16 bits per heavy atom. The van der Waals surface area contributed by atoms with E-state index < -0.39 is 5.91 Å². The lowest BCUT2D eigenvalue weighted by molar-refractivity contribution is -0.123. The third-order valence-electron chi connectivity index (χ3n) is 3.30. The van der Waals surface area contributed by atoms with Crippen molar-refractivity contribution in [2.24, 2.45) is 5.10 Å². The van der Waals surface area contributed by atoms with Gasteiger partial charge in [0.25, 0.3) is 5.91 Å². The van der Waals surface area contributed by atoms with E-state index in [0.29, 0.717) is 11.3 Å². The van der Waals surface area contributed by atoms with Crippen LogP contribution < -0.4 is 19.6 Å². The summed E-state index contributed by atoms with van der Waals surface area (Å²) >= 11 is 0. The second-order valence-electron chi connectivity index (χ2n) is 5.17. The molecule has 0 saturated carbocycles. The van der Waals surface area contributed by atoms with Gasteiger partial charge in [-0.1, -0.05) is 17.7 Å². The largest absolute Gasteiger partial charge is 0.502 e. The minimum Gasteiger partial charge on any atom is -0.502 e. The van der Waals surface area contributed by atoms with Crippen LogP contribution in [-0.2, 0) is 4.79 Å². The average Bonchev–Trinajstić information content (AvgIpc) is 2.62. The summed E-state index contributed by atoms with van der Waals surface area (Å²) in [5.41, 5.74) is 4.07. The van der Waals surface area contributed by atoms with Gasteiger partial charge in [-0.2, -0.15) is 5.10 Å². The molecule has 2 N–H and O–H groups in total. The number of hydrogen-bond acceptors (Lipinski definition) is 6. The minimum atomic E-state index is -0.394. The second-order valence-corrected chi connectivity index (χ2v) is 5.17. The van der Waals surface area contributed by atoms with E-state index in [1.54, 1.807) is 24.3 Å². The standard InChI is InChI=1S/C18H20N2O5/c1-12-4-6-14(7-5-12)25-11-17(21)20-19-10-13-8-15(23-2)18(22)16(9-13)24-3/h4-10,22H,11H2,1-3H3,(H,20,21)/b19-10+. The molecule has 2 aromatic rings. The highest BCUT2D eigenvalue weighted by Crippen LogP contribution is 2.36. The molecule has 0 aromatic heterocycles. The summed E-state index contributed by atoms with van der Waals surface area (Å²) in [4.78, 5) is 11.7. The van der Waals surface area contributed by atoms with Gasteiger partial charge in [0.2, 0.25) is 5.75 Å². The van der Waals surface area contributed by atoms with Gasteiger partial charge >= 0.3 is 0 Å². The number of aromatic hydroxyl groups is 1. The number of hydrogen-bond donors (Lipinski definition) is 2. The Kier molecular flexibility index (Phi) is 6.22. The summed E-state index contributed by atoms with van der Waals surface area (Å²) in [5, 5.41) is 13.7. The Hall–Kier alpha value is -3.22. The van der Waals surface area contributed by atoms with Crippen molar-refractivity contribution >= 4 is 12.1 Å². The number of phenolic OH excluding ortho intramolecular Hbond substituents is 1. The highest BCUT2D eigenvalue weighted by Gasteiger charge is 2.10. The molecule has 132 valence electrons. The van der Waals surface area contributed by atoms with Gasteiger partial charge in [-0.05, 0) is 31.2 Å². The van der Waals surface area contributed by atoms with Gasteiger partial charge in [0, 0.05) is 5.56 Å². The molecule has 0 fully saturated rings. The predicted octanol–water partition coefficient (Wildman–Crippen LogP) is 2.25. The van der Waals surface area contributed by atoms with Gasteiger partial charge in [0.1, 0.15) is 5.75 Å². The molecule has 0 aliphatic heterocycles. The molecule has 0 unspecified atom stereocenters. The molecule has 0 spiro atoms. The molecule has 1 amide bonds. The van der Waals surface area contributed by atoms with Crippen molar-refractivity contribution in [2.45, 2.75) is 6.92 Å². The summed E-state index contributed by atoms with van der Waals surface area (Å²) in [6.07, 6.45) is 1.41. The third-order valence-corrected chi connectivity index (χ3v) is 3.30. The zero-order chi connectivity index (χ0) is 18.2. The molecule has 0 heterocycles. The quantitative estimate of drug-likeness (QED) is 0.594. The zero-order valence-electron chi connectivity index (χ0n) is 14.3. The second kappa shape index (κ2) is 8.58. The molecule has 7 heteroatoms. The molecular weight excluding hydrogens is 324 g/mol. The molecule has 25 heavy (non-hydrogen) atoms. The maximum absolute atomic E-state index is 11.7. The fourth-order valence-electron chi connectivity index (χ4n) is 1.98. The van der Waals surface area contributed by atoms with Gasteiger partial charge in [-0.3, -0.25) is 4.79 Å². The van der Waals surface area contributed by atoms with Gasteiger partial charge in [0.05, 0.1) is 20.4 Å². The fourth-order valence-corrected chi connectivity index (χ4v) is 1.98. The Morgan fingerprint density at radius 3 is 2.32 bits per heavy atom. The van der Waals surface area contributed by atoms with Crippen molar-refractivity contribution in [1.29, 1.82) is 0 Å². The summed E-state index contributed by atoms with van der Waals surface area (Å²) in [7, 11) is 2.86. The van der Waals surface area contributed by atoms with Crippen molar-refractivity contribution in [3.05, 3.63) is 47.5 Å². The number of nitrogens with zero attached hydrogens (tertiary/aromatic N) is 1. The number of ether oxygens (including phenoxy) is 3. The Labute approximate surface area is 145 Å². The topological polar surface area (TPSA) is 89.4 Å². The van der Waals surface area contributed by atoms with Crippen molar-refractivity contribution in [3.63, 3.8) is 0 Å². The van der Waals surface area contributed by atoms with Gasteiger partial charge in [-0.15, -0.1) is 0 Å². The molecule has 0 aliphatic carbocycles. The van der Waals surface area contributed by atoms with E-state index >= 15 is 0 Å². The van der Waals surface area contributed by atoms with Gasteiger partial charge < -0.3 is 19.3 Å².